The fourth-order valence-corrected chi connectivity index (χ4v) is 1.82. The van der Waals surface area contributed by atoms with Crippen LogP contribution in [0, 0.1) is 6.92 Å². The van der Waals surface area contributed by atoms with E-state index >= 15 is 0 Å². The zero-order valence-corrected chi connectivity index (χ0v) is 12.8. The zero-order valence-electron chi connectivity index (χ0n) is 12.8. The number of benzene rings is 2. The summed E-state index contributed by atoms with van der Waals surface area (Å²) in [7, 11) is 0. The standard InChI is InChI=1S/C18H18N2O3/c1-3-12-23-16-10-8-15(9-11-16)18(22)20-19-17(21)14-6-4-13(2)5-7-14/h3-11H,1,12H2,2H3,(H,19,21)(H,20,22). The Morgan fingerprint density at radius 3 is 1.91 bits per heavy atom. The molecule has 0 aliphatic heterocycles. The highest BCUT2D eigenvalue weighted by molar-refractivity contribution is 5.99. The molecule has 0 heterocycles. The molecule has 118 valence electrons. The Labute approximate surface area is 134 Å². The first-order valence-corrected chi connectivity index (χ1v) is 7.11. The van der Waals surface area contributed by atoms with Crippen LogP contribution in [0.3, 0.4) is 0 Å². The maximum atomic E-state index is 12.0. The molecular weight excluding hydrogens is 292 g/mol. The van der Waals surface area contributed by atoms with Crippen LogP contribution in [0.15, 0.2) is 61.2 Å². The van der Waals surface area contributed by atoms with Crippen LogP contribution in [0.5, 0.6) is 5.75 Å². The lowest BCUT2D eigenvalue weighted by atomic mass is 10.1. The Hall–Kier alpha value is -3.08. The van der Waals surface area contributed by atoms with E-state index in [-0.39, 0.29) is 5.91 Å². The van der Waals surface area contributed by atoms with Crippen molar-refractivity contribution in [1.82, 2.24) is 10.9 Å². The second-order valence-electron chi connectivity index (χ2n) is 4.90. The molecule has 0 saturated carbocycles. The number of amides is 2. The van der Waals surface area contributed by atoms with E-state index in [0.29, 0.717) is 23.5 Å². The van der Waals surface area contributed by atoms with Gasteiger partial charge in [-0.1, -0.05) is 30.4 Å². The van der Waals surface area contributed by atoms with Gasteiger partial charge >= 0.3 is 0 Å². The molecule has 2 aromatic rings. The maximum Gasteiger partial charge on any atom is 0.269 e. The van der Waals surface area contributed by atoms with Crippen LogP contribution in [-0.4, -0.2) is 18.4 Å². The molecule has 0 aliphatic carbocycles. The van der Waals surface area contributed by atoms with Crippen molar-refractivity contribution in [2.75, 3.05) is 6.61 Å². The Morgan fingerprint density at radius 2 is 1.43 bits per heavy atom. The van der Waals surface area contributed by atoms with Crippen LogP contribution in [0.2, 0.25) is 0 Å². The number of aryl methyl sites for hydroxylation is 1. The van der Waals surface area contributed by atoms with E-state index in [1.54, 1.807) is 42.5 Å². The molecule has 5 heteroatoms. The van der Waals surface area contributed by atoms with E-state index in [0.717, 1.165) is 5.56 Å². The molecule has 2 aromatic carbocycles. The van der Waals surface area contributed by atoms with Crippen LogP contribution in [0.1, 0.15) is 26.3 Å². The lowest BCUT2D eigenvalue weighted by Crippen LogP contribution is -2.41. The summed E-state index contributed by atoms with van der Waals surface area (Å²) in [6.45, 7) is 5.90. The van der Waals surface area contributed by atoms with Gasteiger partial charge in [-0.15, -0.1) is 0 Å². The van der Waals surface area contributed by atoms with Crippen molar-refractivity contribution in [2.24, 2.45) is 0 Å². The predicted octanol–water partition coefficient (Wildman–Crippen LogP) is 2.63. The topological polar surface area (TPSA) is 67.4 Å². The molecule has 23 heavy (non-hydrogen) atoms. The van der Waals surface area contributed by atoms with Crippen molar-refractivity contribution in [1.29, 1.82) is 0 Å². The molecule has 0 aromatic heterocycles. The first-order valence-electron chi connectivity index (χ1n) is 7.11. The van der Waals surface area contributed by atoms with Gasteiger partial charge in [0.15, 0.2) is 0 Å². The predicted molar refractivity (Wildman–Crippen MR) is 88.2 cm³/mol. The third kappa shape index (κ3) is 4.71. The highest BCUT2D eigenvalue weighted by Crippen LogP contribution is 2.12. The summed E-state index contributed by atoms with van der Waals surface area (Å²) in [6, 6.07) is 13.7. The van der Waals surface area contributed by atoms with E-state index in [1.165, 1.54) is 0 Å². The van der Waals surface area contributed by atoms with Gasteiger partial charge in [-0.25, -0.2) is 0 Å². The molecule has 0 bridgehead atoms. The Balaban J connectivity index is 1.90. The highest BCUT2D eigenvalue weighted by atomic mass is 16.5. The number of hydrogen-bond donors (Lipinski definition) is 2. The number of hydrazine groups is 1. The molecule has 0 radical (unpaired) electrons. The van der Waals surface area contributed by atoms with Gasteiger partial charge in [-0.2, -0.15) is 0 Å². The van der Waals surface area contributed by atoms with E-state index in [2.05, 4.69) is 17.4 Å². The van der Waals surface area contributed by atoms with Crippen molar-refractivity contribution in [2.45, 2.75) is 6.92 Å². The summed E-state index contributed by atoms with van der Waals surface area (Å²) in [4.78, 5) is 23.9. The number of ether oxygens (including phenoxy) is 1. The van der Waals surface area contributed by atoms with Gasteiger partial charge in [0, 0.05) is 11.1 Å². The zero-order chi connectivity index (χ0) is 16.7. The SMILES string of the molecule is C=CCOc1ccc(C(=O)NNC(=O)c2ccc(C)cc2)cc1. The van der Waals surface area contributed by atoms with Crippen molar-refractivity contribution in [3.63, 3.8) is 0 Å². The van der Waals surface area contributed by atoms with Gasteiger partial charge in [-0.3, -0.25) is 20.4 Å². The van der Waals surface area contributed by atoms with Crippen LogP contribution < -0.4 is 15.6 Å². The van der Waals surface area contributed by atoms with Gasteiger partial charge in [0.25, 0.3) is 11.8 Å². The van der Waals surface area contributed by atoms with Gasteiger partial charge in [-0.05, 0) is 43.3 Å². The number of nitrogens with one attached hydrogen (secondary N) is 2. The molecule has 0 spiro atoms. The molecule has 0 aliphatic rings. The van der Waals surface area contributed by atoms with Gasteiger partial charge < -0.3 is 4.74 Å². The first-order chi connectivity index (χ1) is 11.1. The van der Waals surface area contributed by atoms with Crippen molar-refractivity contribution in [3.8, 4) is 5.75 Å². The molecule has 2 amide bonds. The lowest BCUT2D eigenvalue weighted by molar-refractivity contribution is 0.0846. The van der Waals surface area contributed by atoms with E-state index in [1.807, 2.05) is 19.1 Å². The number of carbonyl (C=O) groups excluding carboxylic acids is 2. The van der Waals surface area contributed by atoms with Crippen LogP contribution in [0.4, 0.5) is 0 Å². The smallest absolute Gasteiger partial charge is 0.269 e. The molecule has 0 fully saturated rings. The van der Waals surface area contributed by atoms with E-state index in [9.17, 15) is 9.59 Å². The van der Waals surface area contributed by atoms with Gasteiger partial charge in [0.2, 0.25) is 0 Å². The average Bonchev–Trinajstić information content (AvgIpc) is 2.58. The minimum absolute atomic E-state index is 0.371. The Kier molecular flexibility index (Phi) is 5.52. The van der Waals surface area contributed by atoms with E-state index < -0.39 is 5.91 Å². The monoisotopic (exact) mass is 310 g/mol. The third-order valence-electron chi connectivity index (χ3n) is 3.09. The van der Waals surface area contributed by atoms with Crippen molar-refractivity contribution in [3.05, 3.63) is 77.9 Å². The summed E-state index contributed by atoms with van der Waals surface area (Å²) in [5, 5.41) is 0. The van der Waals surface area contributed by atoms with Crippen LogP contribution in [0.25, 0.3) is 0 Å². The summed E-state index contributed by atoms with van der Waals surface area (Å²) < 4.78 is 5.34. The fraction of sp³-hybridized carbons (Fsp3) is 0.111. The highest BCUT2D eigenvalue weighted by Gasteiger charge is 2.09. The minimum atomic E-state index is -0.402. The van der Waals surface area contributed by atoms with Crippen molar-refractivity contribution < 1.29 is 14.3 Å². The summed E-state index contributed by atoms with van der Waals surface area (Å²) in [5.41, 5.74) is 6.71. The molecule has 0 atom stereocenters. The molecule has 5 nitrogen and oxygen atoms in total. The molecular formula is C18H18N2O3. The summed E-state index contributed by atoms with van der Waals surface area (Å²) >= 11 is 0. The van der Waals surface area contributed by atoms with Crippen LogP contribution in [-0.2, 0) is 0 Å². The first kappa shape index (κ1) is 16.3. The quantitative estimate of drug-likeness (QED) is 0.659. The second kappa shape index (κ2) is 7.79. The van der Waals surface area contributed by atoms with Crippen molar-refractivity contribution >= 4 is 11.8 Å². The molecule has 2 N–H and O–H groups in total. The average molecular weight is 310 g/mol. The number of carbonyl (C=O) groups is 2. The summed E-state index contributed by atoms with van der Waals surface area (Å²) in [6.07, 6.45) is 1.64. The largest absolute Gasteiger partial charge is 0.490 e. The van der Waals surface area contributed by atoms with Crippen LogP contribution >= 0.6 is 0 Å². The van der Waals surface area contributed by atoms with Gasteiger partial charge in [0.1, 0.15) is 12.4 Å². The van der Waals surface area contributed by atoms with Gasteiger partial charge in [0.05, 0.1) is 0 Å². The lowest BCUT2D eigenvalue weighted by Gasteiger charge is -2.08. The number of rotatable bonds is 5. The third-order valence-corrected chi connectivity index (χ3v) is 3.09. The number of hydrogen-bond acceptors (Lipinski definition) is 3. The minimum Gasteiger partial charge on any atom is -0.490 e. The molecule has 2 rings (SSSR count). The second-order valence-corrected chi connectivity index (χ2v) is 4.90. The molecule has 0 unspecified atom stereocenters. The fourth-order valence-electron chi connectivity index (χ4n) is 1.82. The Bertz CT molecular complexity index is 691. The summed E-state index contributed by atoms with van der Waals surface area (Å²) in [5.74, 6) is -0.129. The van der Waals surface area contributed by atoms with E-state index in [4.69, 9.17) is 4.74 Å². The maximum absolute atomic E-state index is 12.0. The molecule has 0 saturated heterocycles. The normalized spacial score (nSPS) is 9.78. The Morgan fingerprint density at radius 1 is 0.957 bits per heavy atom.